The van der Waals surface area contributed by atoms with Crippen LogP contribution in [0.5, 0.6) is 0 Å². The lowest BCUT2D eigenvalue weighted by Gasteiger charge is -2.24. The highest BCUT2D eigenvalue weighted by Crippen LogP contribution is 2.23. The van der Waals surface area contributed by atoms with E-state index in [1.165, 1.54) is 0 Å². The fourth-order valence-electron chi connectivity index (χ4n) is 1.92. The highest BCUT2D eigenvalue weighted by Gasteiger charge is 2.21. The van der Waals surface area contributed by atoms with E-state index >= 15 is 0 Å². The summed E-state index contributed by atoms with van der Waals surface area (Å²) in [7, 11) is 3.94. The van der Waals surface area contributed by atoms with Crippen molar-refractivity contribution in [2.45, 2.75) is 6.04 Å². The van der Waals surface area contributed by atoms with Crippen molar-refractivity contribution in [3.8, 4) is 0 Å². The van der Waals surface area contributed by atoms with Gasteiger partial charge in [0, 0.05) is 32.1 Å². The summed E-state index contributed by atoms with van der Waals surface area (Å²) in [5.74, 6) is 1.98. The first kappa shape index (κ1) is 13.2. The van der Waals surface area contributed by atoms with Crippen LogP contribution in [0.2, 0.25) is 0 Å². The average Bonchev–Trinajstić information content (AvgIpc) is 2.40. The van der Waals surface area contributed by atoms with Crippen molar-refractivity contribution >= 4 is 29.0 Å². The molecule has 18 heavy (non-hydrogen) atoms. The Balaban J connectivity index is 2.06. The Bertz CT molecular complexity index is 416. The summed E-state index contributed by atoms with van der Waals surface area (Å²) < 4.78 is 0. The number of carbonyl (C=O) groups excluding carboxylic acids is 1. The van der Waals surface area contributed by atoms with E-state index < -0.39 is 0 Å². The number of hydrogen-bond donors (Lipinski definition) is 2. The number of nitrogens with zero attached hydrogens (tertiary/aromatic N) is 1. The fraction of sp³-hybridized carbons (Fsp3) is 0.462. The quantitative estimate of drug-likeness (QED) is 0.867. The summed E-state index contributed by atoms with van der Waals surface area (Å²) in [4.78, 5) is 14.1. The smallest absolute Gasteiger partial charge is 0.242 e. The van der Waals surface area contributed by atoms with E-state index in [0.717, 1.165) is 29.4 Å². The van der Waals surface area contributed by atoms with E-state index in [1.54, 1.807) is 0 Å². The molecule has 1 atom stereocenters. The van der Waals surface area contributed by atoms with Crippen molar-refractivity contribution in [2.75, 3.05) is 42.4 Å². The molecule has 2 N–H and O–H groups in total. The van der Waals surface area contributed by atoms with Crippen molar-refractivity contribution in [2.24, 2.45) is 0 Å². The van der Waals surface area contributed by atoms with Gasteiger partial charge in [-0.3, -0.25) is 4.79 Å². The third kappa shape index (κ3) is 3.17. The van der Waals surface area contributed by atoms with Crippen LogP contribution in [-0.2, 0) is 4.79 Å². The van der Waals surface area contributed by atoms with Crippen LogP contribution in [-0.4, -0.2) is 44.1 Å². The van der Waals surface area contributed by atoms with E-state index in [9.17, 15) is 4.79 Å². The first-order valence-electron chi connectivity index (χ1n) is 6.07. The van der Waals surface area contributed by atoms with Crippen LogP contribution in [0.1, 0.15) is 0 Å². The molecule has 1 aromatic rings. The lowest BCUT2D eigenvalue weighted by molar-refractivity contribution is -0.117. The van der Waals surface area contributed by atoms with Gasteiger partial charge >= 0.3 is 0 Å². The molecule has 0 bridgehead atoms. The number of thioether (sulfide) groups is 1. The average molecular weight is 265 g/mol. The molecule has 0 radical (unpaired) electrons. The second-order valence-corrected chi connectivity index (χ2v) is 5.63. The van der Waals surface area contributed by atoms with E-state index in [4.69, 9.17) is 0 Å². The van der Waals surface area contributed by atoms with Gasteiger partial charge in [0.1, 0.15) is 0 Å². The van der Waals surface area contributed by atoms with E-state index in [0.29, 0.717) is 0 Å². The van der Waals surface area contributed by atoms with Crippen LogP contribution in [0.4, 0.5) is 11.4 Å². The molecular formula is C13H19N3OS. The molecule has 2 rings (SSSR count). The van der Waals surface area contributed by atoms with Gasteiger partial charge in [0.25, 0.3) is 0 Å². The van der Waals surface area contributed by atoms with Gasteiger partial charge in [0.05, 0.1) is 17.4 Å². The molecule has 0 aliphatic carbocycles. The molecule has 1 heterocycles. The van der Waals surface area contributed by atoms with Gasteiger partial charge in [-0.05, 0) is 12.1 Å². The molecule has 1 saturated heterocycles. The van der Waals surface area contributed by atoms with E-state index in [1.807, 2.05) is 55.0 Å². The Kier molecular flexibility index (Phi) is 4.49. The summed E-state index contributed by atoms with van der Waals surface area (Å²) >= 11 is 1.82. The lowest BCUT2D eigenvalue weighted by Crippen LogP contribution is -2.46. The van der Waals surface area contributed by atoms with Gasteiger partial charge in [0.2, 0.25) is 5.91 Å². The minimum Gasteiger partial charge on any atom is -0.376 e. The molecule has 1 unspecified atom stereocenters. The van der Waals surface area contributed by atoms with Crippen LogP contribution in [0.3, 0.4) is 0 Å². The minimum atomic E-state index is -0.0843. The Morgan fingerprint density at radius 2 is 2.22 bits per heavy atom. The molecule has 98 valence electrons. The van der Waals surface area contributed by atoms with Crippen molar-refractivity contribution in [1.29, 1.82) is 0 Å². The molecule has 1 aliphatic heterocycles. The minimum absolute atomic E-state index is 0.0523. The summed E-state index contributed by atoms with van der Waals surface area (Å²) in [6, 6.07) is 7.76. The molecule has 1 aliphatic rings. The van der Waals surface area contributed by atoms with Crippen LogP contribution < -0.4 is 15.5 Å². The second kappa shape index (κ2) is 6.11. The zero-order valence-corrected chi connectivity index (χ0v) is 11.6. The highest BCUT2D eigenvalue weighted by atomic mass is 32.2. The largest absolute Gasteiger partial charge is 0.376 e. The van der Waals surface area contributed by atoms with Crippen molar-refractivity contribution < 1.29 is 4.79 Å². The van der Waals surface area contributed by atoms with Gasteiger partial charge in [-0.2, -0.15) is 11.8 Å². The number of anilines is 2. The van der Waals surface area contributed by atoms with Gasteiger partial charge in [-0.15, -0.1) is 0 Å². The van der Waals surface area contributed by atoms with Crippen molar-refractivity contribution in [3.05, 3.63) is 24.3 Å². The molecular weight excluding hydrogens is 246 g/mol. The third-order valence-corrected chi connectivity index (χ3v) is 3.94. The van der Waals surface area contributed by atoms with Gasteiger partial charge in [-0.1, -0.05) is 12.1 Å². The number of hydrogen-bond acceptors (Lipinski definition) is 4. The number of nitrogens with one attached hydrogen (secondary N) is 2. The monoisotopic (exact) mass is 265 g/mol. The highest BCUT2D eigenvalue weighted by molar-refractivity contribution is 7.99. The zero-order chi connectivity index (χ0) is 13.0. The number of benzene rings is 1. The summed E-state index contributed by atoms with van der Waals surface area (Å²) in [5.41, 5.74) is 1.89. The summed E-state index contributed by atoms with van der Waals surface area (Å²) in [6.07, 6.45) is 0. The third-order valence-electron chi connectivity index (χ3n) is 2.88. The summed E-state index contributed by atoms with van der Waals surface area (Å²) in [5, 5.41) is 6.25. The predicted molar refractivity (Wildman–Crippen MR) is 78.5 cm³/mol. The van der Waals surface area contributed by atoms with Crippen LogP contribution in [0.25, 0.3) is 0 Å². The van der Waals surface area contributed by atoms with Crippen molar-refractivity contribution in [1.82, 2.24) is 5.32 Å². The fourth-order valence-corrected chi connectivity index (χ4v) is 2.86. The zero-order valence-electron chi connectivity index (χ0n) is 10.8. The SMILES string of the molecule is CN(C)c1ccccc1NC(=O)C1CSCCN1. The Morgan fingerprint density at radius 1 is 1.44 bits per heavy atom. The lowest BCUT2D eigenvalue weighted by atomic mass is 10.2. The predicted octanol–water partition coefficient (Wildman–Crippen LogP) is 1.40. The van der Waals surface area contributed by atoms with Gasteiger partial charge in [0.15, 0.2) is 0 Å². The number of para-hydroxylation sites is 2. The molecule has 4 nitrogen and oxygen atoms in total. The first-order valence-corrected chi connectivity index (χ1v) is 7.22. The summed E-state index contributed by atoms with van der Waals surface area (Å²) in [6.45, 7) is 0.901. The van der Waals surface area contributed by atoms with Crippen molar-refractivity contribution in [3.63, 3.8) is 0 Å². The number of rotatable bonds is 3. The molecule has 0 aromatic heterocycles. The maximum absolute atomic E-state index is 12.1. The maximum Gasteiger partial charge on any atom is 0.242 e. The number of carbonyl (C=O) groups is 1. The van der Waals surface area contributed by atoms with Crippen LogP contribution in [0.15, 0.2) is 24.3 Å². The maximum atomic E-state index is 12.1. The molecule has 0 saturated carbocycles. The molecule has 1 aromatic carbocycles. The van der Waals surface area contributed by atoms with E-state index in [2.05, 4.69) is 10.6 Å². The van der Waals surface area contributed by atoms with E-state index in [-0.39, 0.29) is 11.9 Å². The normalized spacial score (nSPS) is 19.3. The first-order chi connectivity index (χ1) is 8.68. The second-order valence-electron chi connectivity index (χ2n) is 4.48. The Labute approximate surface area is 112 Å². The molecule has 0 spiro atoms. The Hall–Kier alpha value is -1.20. The number of amides is 1. The molecule has 1 fully saturated rings. The molecule has 5 heteroatoms. The van der Waals surface area contributed by atoms with Crippen LogP contribution >= 0.6 is 11.8 Å². The van der Waals surface area contributed by atoms with Crippen LogP contribution in [0, 0.1) is 0 Å². The topological polar surface area (TPSA) is 44.4 Å². The Morgan fingerprint density at radius 3 is 2.89 bits per heavy atom. The standard InChI is InChI=1S/C13H19N3OS/c1-16(2)12-6-4-3-5-10(12)15-13(17)11-9-18-8-7-14-11/h3-6,11,14H,7-9H2,1-2H3,(H,15,17). The molecule has 1 amide bonds. The van der Waals surface area contributed by atoms with Gasteiger partial charge < -0.3 is 15.5 Å². The van der Waals surface area contributed by atoms with Gasteiger partial charge in [-0.25, -0.2) is 0 Å².